The van der Waals surface area contributed by atoms with Gasteiger partial charge in [-0.05, 0) is 65.1 Å². The van der Waals surface area contributed by atoms with Crippen LogP contribution in [0.1, 0.15) is 43.0 Å². The third kappa shape index (κ3) is 4.34. The molecule has 1 atom stereocenters. The van der Waals surface area contributed by atoms with Crippen molar-refractivity contribution < 1.29 is 0 Å². The summed E-state index contributed by atoms with van der Waals surface area (Å²) >= 11 is 0. The van der Waals surface area contributed by atoms with Crippen LogP contribution in [0.15, 0.2) is 133 Å². The molecule has 210 valence electrons. The Labute approximate surface area is 249 Å². The van der Waals surface area contributed by atoms with Gasteiger partial charge in [0.1, 0.15) is 6.17 Å². The molecule has 0 aromatic heterocycles. The fraction of sp³-hybridized carbons (Fsp3) is 0.211. The fourth-order valence-corrected chi connectivity index (χ4v) is 6.84. The van der Waals surface area contributed by atoms with E-state index in [1.54, 1.807) is 0 Å². The molecule has 4 aromatic rings. The highest BCUT2D eigenvalue weighted by Crippen LogP contribution is 2.44. The molecule has 1 unspecified atom stereocenters. The van der Waals surface area contributed by atoms with Crippen LogP contribution in [0.25, 0.3) is 0 Å². The SMILES string of the molecule is C=CC1=C(CNN2c3ccccc3Cc3ccccc32)NC(N2c3ccccc3Cc3ccccc32)C=C(C)C1(C)C. The number of hydrogen-bond donors (Lipinski definition) is 2. The maximum absolute atomic E-state index is 4.30. The summed E-state index contributed by atoms with van der Waals surface area (Å²) in [7, 11) is 0. The Balaban J connectivity index is 1.30. The van der Waals surface area contributed by atoms with Crippen LogP contribution >= 0.6 is 0 Å². The van der Waals surface area contributed by atoms with Crippen molar-refractivity contribution in [1.82, 2.24) is 10.7 Å². The number of rotatable bonds is 5. The van der Waals surface area contributed by atoms with Crippen molar-refractivity contribution in [3.8, 4) is 0 Å². The van der Waals surface area contributed by atoms with Gasteiger partial charge >= 0.3 is 0 Å². The summed E-state index contributed by atoms with van der Waals surface area (Å²) in [5, 5.41) is 6.28. The Bertz CT molecular complexity index is 1650. The molecule has 4 heteroatoms. The number of allylic oxidation sites excluding steroid dienone is 3. The van der Waals surface area contributed by atoms with Crippen LogP contribution in [0.4, 0.5) is 22.7 Å². The summed E-state index contributed by atoms with van der Waals surface area (Å²) in [6, 6.07) is 35.0. The third-order valence-electron chi connectivity index (χ3n) is 9.34. The minimum Gasteiger partial charge on any atom is -0.364 e. The van der Waals surface area contributed by atoms with E-state index in [2.05, 4.69) is 151 Å². The zero-order valence-corrected chi connectivity index (χ0v) is 24.7. The minimum atomic E-state index is -0.187. The van der Waals surface area contributed by atoms with E-state index in [-0.39, 0.29) is 11.6 Å². The molecular formula is C38H38N4. The number of para-hydroxylation sites is 4. The molecule has 3 aliphatic heterocycles. The molecule has 0 radical (unpaired) electrons. The molecule has 0 aliphatic carbocycles. The molecule has 42 heavy (non-hydrogen) atoms. The number of anilines is 4. The summed E-state index contributed by atoms with van der Waals surface area (Å²) in [6.07, 6.45) is 6.26. The van der Waals surface area contributed by atoms with E-state index < -0.39 is 0 Å². The quantitative estimate of drug-likeness (QED) is 0.245. The molecular weight excluding hydrogens is 512 g/mol. The Morgan fingerprint density at radius 1 is 0.762 bits per heavy atom. The van der Waals surface area contributed by atoms with Crippen molar-refractivity contribution in [2.24, 2.45) is 5.41 Å². The number of fused-ring (bicyclic) bond motifs is 4. The van der Waals surface area contributed by atoms with Crippen molar-refractivity contribution in [1.29, 1.82) is 0 Å². The molecule has 7 rings (SSSR count). The molecule has 0 spiro atoms. The summed E-state index contributed by atoms with van der Waals surface area (Å²) in [6.45, 7) is 11.8. The van der Waals surface area contributed by atoms with Gasteiger partial charge in [-0.1, -0.05) is 105 Å². The first-order valence-corrected chi connectivity index (χ1v) is 14.9. The van der Waals surface area contributed by atoms with Gasteiger partial charge in [-0.25, -0.2) is 5.43 Å². The second-order valence-electron chi connectivity index (χ2n) is 12.1. The maximum Gasteiger partial charge on any atom is 0.123 e. The Hall–Kier alpha value is -4.54. The van der Waals surface area contributed by atoms with Crippen LogP contribution in [0.5, 0.6) is 0 Å². The lowest BCUT2D eigenvalue weighted by molar-refractivity contribution is 0.542. The number of nitrogens with zero attached hydrogens (tertiary/aromatic N) is 2. The average molecular weight is 551 g/mol. The van der Waals surface area contributed by atoms with E-state index in [9.17, 15) is 0 Å². The molecule has 0 bridgehead atoms. The predicted octanol–water partition coefficient (Wildman–Crippen LogP) is 8.32. The maximum atomic E-state index is 4.30. The number of nitrogens with one attached hydrogen (secondary N) is 2. The number of hydrogen-bond acceptors (Lipinski definition) is 4. The molecule has 0 saturated heterocycles. The van der Waals surface area contributed by atoms with Gasteiger partial charge in [0.2, 0.25) is 0 Å². The van der Waals surface area contributed by atoms with Gasteiger partial charge in [0, 0.05) is 35.3 Å². The molecule has 0 amide bonds. The van der Waals surface area contributed by atoms with Crippen LogP contribution < -0.4 is 20.7 Å². The van der Waals surface area contributed by atoms with Crippen molar-refractivity contribution in [3.05, 3.63) is 155 Å². The van der Waals surface area contributed by atoms with Gasteiger partial charge < -0.3 is 10.2 Å². The molecule has 3 heterocycles. The van der Waals surface area contributed by atoms with Gasteiger partial charge in [-0.15, -0.1) is 0 Å². The van der Waals surface area contributed by atoms with Crippen molar-refractivity contribution in [2.75, 3.05) is 16.5 Å². The lowest BCUT2D eigenvalue weighted by Crippen LogP contribution is -2.46. The van der Waals surface area contributed by atoms with E-state index in [0.29, 0.717) is 6.54 Å². The monoisotopic (exact) mass is 550 g/mol. The highest BCUT2D eigenvalue weighted by molar-refractivity contribution is 5.76. The third-order valence-corrected chi connectivity index (χ3v) is 9.34. The lowest BCUT2D eigenvalue weighted by atomic mass is 9.77. The second kappa shape index (κ2) is 10.4. The van der Waals surface area contributed by atoms with E-state index in [1.165, 1.54) is 56.1 Å². The normalized spacial score (nSPS) is 18.5. The van der Waals surface area contributed by atoms with E-state index in [1.807, 2.05) is 6.08 Å². The highest BCUT2D eigenvalue weighted by Gasteiger charge is 2.35. The van der Waals surface area contributed by atoms with Gasteiger partial charge in [0.05, 0.1) is 17.9 Å². The van der Waals surface area contributed by atoms with Gasteiger partial charge in [-0.3, -0.25) is 5.01 Å². The zero-order chi connectivity index (χ0) is 28.8. The molecule has 3 aliphatic rings. The van der Waals surface area contributed by atoms with Crippen LogP contribution in [0, 0.1) is 5.41 Å². The topological polar surface area (TPSA) is 30.5 Å². The summed E-state index contributed by atoms with van der Waals surface area (Å²) in [5.74, 6) is 0. The number of benzene rings is 4. The lowest BCUT2D eigenvalue weighted by Gasteiger charge is -2.39. The first-order chi connectivity index (χ1) is 20.5. The Kier molecular flexibility index (Phi) is 6.52. The first kappa shape index (κ1) is 26.4. The molecule has 2 N–H and O–H groups in total. The van der Waals surface area contributed by atoms with Crippen LogP contribution in [0.2, 0.25) is 0 Å². The van der Waals surface area contributed by atoms with E-state index >= 15 is 0 Å². The smallest absolute Gasteiger partial charge is 0.123 e. The van der Waals surface area contributed by atoms with Crippen LogP contribution in [-0.2, 0) is 12.8 Å². The molecule has 4 aromatic carbocycles. The second-order valence-corrected chi connectivity index (χ2v) is 12.1. The van der Waals surface area contributed by atoms with Gasteiger partial charge in [0.25, 0.3) is 0 Å². The van der Waals surface area contributed by atoms with Crippen molar-refractivity contribution >= 4 is 22.7 Å². The van der Waals surface area contributed by atoms with Crippen molar-refractivity contribution in [3.63, 3.8) is 0 Å². The summed E-state index contributed by atoms with van der Waals surface area (Å²) in [4.78, 5) is 2.48. The van der Waals surface area contributed by atoms with Crippen LogP contribution in [0.3, 0.4) is 0 Å². The first-order valence-electron chi connectivity index (χ1n) is 14.9. The minimum absolute atomic E-state index is 0.0675. The van der Waals surface area contributed by atoms with E-state index in [4.69, 9.17) is 0 Å². The summed E-state index contributed by atoms with van der Waals surface area (Å²) in [5.41, 5.74) is 17.6. The Morgan fingerprint density at radius 3 is 1.71 bits per heavy atom. The van der Waals surface area contributed by atoms with E-state index in [0.717, 1.165) is 18.5 Å². The fourth-order valence-electron chi connectivity index (χ4n) is 6.84. The largest absolute Gasteiger partial charge is 0.364 e. The van der Waals surface area contributed by atoms with Gasteiger partial charge in [-0.2, -0.15) is 0 Å². The molecule has 4 nitrogen and oxygen atoms in total. The average Bonchev–Trinajstić information content (AvgIpc) is 3.10. The summed E-state index contributed by atoms with van der Waals surface area (Å²) < 4.78 is 0. The highest BCUT2D eigenvalue weighted by atomic mass is 15.5. The van der Waals surface area contributed by atoms with Gasteiger partial charge in [0.15, 0.2) is 0 Å². The predicted molar refractivity (Wildman–Crippen MR) is 175 cm³/mol. The van der Waals surface area contributed by atoms with Crippen LogP contribution in [-0.4, -0.2) is 12.7 Å². The Morgan fingerprint density at radius 2 is 1.21 bits per heavy atom. The molecule has 0 saturated carbocycles. The number of hydrazine groups is 1. The zero-order valence-electron chi connectivity index (χ0n) is 24.7. The molecule has 0 fully saturated rings. The van der Waals surface area contributed by atoms with Crippen molar-refractivity contribution in [2.45, 2.75) is 39.8 Å². The standard InChI is InChI=1S/C38H38N4/c1-5-31-32(25-39-42-35-20-12-8-16-29(35)24-30-17-9-13-21-36(30)42)40-37(22-26(2)38(31,3)4)41-33-18-10-6-14-27(33)23-28-15-7-11-19-34(28)41/h5-22,37,39-40H,1,23-25H2,2-4H3.